The van der Waals surface area contributed by atoms with Crippen LogP contribution in [0.15, 0.2) is 48.5 Å². The van der Waals surface area contributed by atoms with Gasteiger partial charge in [-0.1, -0.05) is 18.2 Å². The van der Waals surface area contributed by atoms with Gasteiger partial charge in [-0.05, 0) is 31.2 Å². The van der Waals surface area contributed by atoms with Crippen molar-refractivity contribution in [1.82, 2.24) is 0 Å². The zero-order valence-corrected chi connectivity index (χ0v) is 11.3. The topological polar surface area (TPSA) is 55.4 Å². The van der Waals surface area contributed by atoms with Crippen LogP contribution in [-0.2, 0) is 0 Å². The Morgan fingerprint density at radius 3 is 2.35 bits per heavy atom. The van der Waals surface area contributed by atoms with Crippen LogP contribution in [0.5, 0.6) is 5.75 Å². The Labute approximate surface area is 117 Å². The van der Waals surface area contributed by atoms with Gasteiger partial charge in [0.15, 0.2) is 5.78 Å². The number of benzene rings is 2. The largest absolute Gasteiger partial charge is 0.497 e. The van der Waals surface area contributed by atoms with Gasteiger partial charge in [-0.25, -0.2) is 0 Å². The fraction of sp³-hybridized carbons (Fsp3) is 0.125. The quantitative estimate of drug-likeness (QED) is 0.867. The summed E-state index contributed by atoms with van der Waals surface area (Å²) in [6.45, 7) is 1.46. The van der Waals surface area contributed by atoms with E-state index in [0.717, 1.165) is 0 Å². The smallest absolute Gasteiger partial charge is 0.255 e. The van der Waals surface area contributed by atoms with E-state index in [1.165, 1.54) is 14.0 Å². The second-order valence-electron chi connectivity index (χ2n) is 4.29. The molecule has 2 rings (SSSR count). The van der Waals surface area contributed by atoms with Crippen LogP contribution in [0.25, 0.3) is 0 Å². The average molecular weight is 269 g/mol. The van der Waals surface area contributed by atoms with Gasteiger partial charge in [-0.2, -0.15) is 0 Å². The molecule has 2 aromatic carbocycles. The third-order valence-electron chi connectivity index (χ3n) is 2.89. The molecule has 0 spiro atoms. The number of rotatable bonds is 4. The lowest BCUT2D eigenvalue weighted by atomic mass is 10.1. The predicted molar refractivity (Wildman–Crippen MR) is 77.4 cm³/mol. The maximum atomic E-state index is 12.1. The van der Waals surface area contributed by atoms with E-state index in [2.05, 4.69) is 5.32 Å². The van der Waals surface area contributed by atoms with Gasteiger partial charge in [-0.15, -0.1) is 0 Å². The third kappa shape index (κ3) is 3.03. The molecule has 0 atom stereocenters. The van der Waals surface area contributed by atoms with Gasteiger partial charge in [-0.3, -0.25) is 9.59 Å². The highest BCUT2D eigenvalue weighted by molar-refractivity contribution is 6.09. The van der Waals surface area contributed by atoms with Crippen LogP contribution in [0.4, 0.5) is 5.69 Å². The Morgan fingerprint density at radius 2 is 1.75 bits per heavy atom. The van der Waals surface area contributed by atoms with Crippen molar-refractivity contribution >= 4 is 17.4 Å². The Bertz CT molecular complexity index is 635. The molecule has 0 bridgehead atoms. The van der Waals surface area contributed by atoms with Crippen LogP contribution in [-0.4, -0.2) is 18.8 Å². The molecule has 0 aliphatic carbocycles. The summed E-state index contributed by atoms with van der Waals surface area (Å²) in [4.78, 5) is 23.7. The number of nitrogens with one attached hydrogen (secondary N) is 1. The molecule has 0 aliphatic rings. The van der Waals surface area contributed by atoms with E-state index in [0.29, 0.717) is 22.6 Å². The van der Waals surface area contributed by atoms with Crippen molar-refractivity contribution in [3.63, 3.8) is 0 Å². The second-order valence-corrected chi connectivity index (χ2v) is 4.29. The number of methoxy groups -OCH3 is 1. The van der Waals surface area contributed by atoms with Crippen molar-refractivity contribution in [2.24, 2.45) is 0 Å². The molecule has 20 heavy (non-hydrogen) atoms. The number of carbonyl (C=O) groups is 2. The van der Waals surface area contributed by atoms with Crippen molar-refractivity contribution < 1.29 is 14.3 Å². The fourth-order valence-electron chi connectivity index (χ4n) is 1.84. The molecule has 4 heteroatoms. The fourth-order valence-corrected chi connectivity index (χ4v) is 1.84. The maximum absolute atomic E-state index is 12.1. The van der Waals surface area contributed by atoms with E-state index in [-0.39, 0.29) is 11.7 Å². The number of Topliss-reactive ketones (excluding diaryl/α,β-unsaturated/α-hetero) is 1. The lowest BCUT2D eigenvalue weighted by Crippen LogP contribution is -2.14. The van der Waals surface area contributed by atoms with Crippen LogP contribution >= 0.6 is 0 Å². The lowest BCUT2D eigenvalue weighted by molar-refractivity contribution is 0.101. The molecule has 0 unspecified atom stereocenters. The van der Waals surface area contributed by atoms with Gasteiger partial charge in [0.25, 0.3) is 5.91 Å². The van der Waals surface area contributed by atoms with E-state index < -0.39 is 0 Å². The van der Waals surface area contributed by atoms with Gasteiger partial charge >= 0.3 is 0 Å². The first-order valence-corrected chi connectivity index (χ1v) is 6.17. The molecule has 0 aromatic heterocycles. The molecule has 1 N–H and O–H groups in total. The number of hydrogen-bond acceptors (Lipinski definition) is 3. The zero-order valence-electron chi connectivity index (χ0n) is 11.3. The molecule has 1 amide bonds. The number of ether oxygens (including phenoxy) is 1. The van der Waals surface area contributed by atoms with Gasteiger partial charge < -0.3 is 10.1 Å². The highest BCUT2D eigenvalue weighted by atomic mass is 16.5. The van der Waals surface area contributed by atoms with Crippen LogP contribution < -0.4 is 10.1 Å². The molecule has 0 saturated carbocycles. The van der Waals surface area contributed by atoms with Crippen molar-refractivity contribution in [2.45, 2.75) is 6.92 Å². The van der Waals surface area contributed by atoms with Crippen LogP contribution in [0.1, 0.15) is 27.6 Å². The molecule has 0 aliphatic heterocycles. The number of anilines is 1. The number of amides is 1. The van der Waals surface area contributed by atoms with Crippen molar-refractivity contribution in [3.05, 3.63) is 59.7 Å². The first-order valence-electron chi connectivity index (χ1n) is 6.17. The first-order chi connectivity index (χ1) is 9.61. The van der Waals surface area contributed by atoms with Crippen LogP contribution in [0, 0.1) is 0 Å². The summed E-state index contributed by atoms with van der Waals surface area (Å²) < 4.78 is 5.11. The average Bonchev–Trinajstić information content (AvgIpc) is 2.47. The predicted octanol–water partition coefficient (Wildman–Crippen LogP) is 3.15. The van der Waals surface area contributed by atoms with E-state index >= 15 is 0 Å². The molecular weight excluding hydrogens is 254 g/mol. The summed E-state index contributed by atoms with van der Waals surface area (Å²) in [6, 6.07) is 13.8. The highest BCUT2D eigenvalue weighted by Gasteiger charge is 2.12. The molecule has 0 fully saturated rings. The summed E-state index contributed by atoms with van der Waals surface area (Å²) in [6.07, 6.45) is 0. The molecule has 0 heterocycles. The minimum Gasteiger partial charge on any atom is -0.497 e. The Kier molecular flexibility index (Phi) is 4.15. The van der Waals surface area contributed by atoms with Gasteiger partial charge in [0.1, 0.15) is 5.75 Å². The van der Waals surface area contributed by atoms with Crippen molar-refractivity contribution in [1.29, 1.82) is 0 Å². The van der Waals surface area contributed by atoms with Crippen LogP contribution in [0.2, 0.25) is 0 Å². The molecule has 102 valence electrons. The van der Waals surface area contributed by atoms with E-state index in [1.807, 2.05) is 6.07 Å². The molecule has 0 saturated heterocycles. The van der Waals surface area contributed by atoms with E-state index in [9.17, 15) is 9.59 Å². The van der Waals surface area contributed by atoms with Gasteiger partial charge in [0.2, 0.25) is 0 Å². The minimum absolute atomic E-state index is 0.115. The summed E-state index contributed by atoms with van der Waals surface area (Å²) in [7, 11) is 1.53. The SMILES string of the molecule is COc1ccc(C(C)=O)c(NC(=O)c2ccccc2)c1. The minimum atomic E-state index is -0.263. The Balaban J connectivity index is 2.32. The first kappa shape index (κ1) is 13.8. The normalized spacial score (nSPS) is 9.90. The van der Waals surface area contributed by atoms with Gasteiger partial charge in [0, 0.05) is 17.2 Å². The van der Waals surface area contributed by atoms with E-state index in [4.69, 9.17) is 4.74 Å². The second kappa shape index (κ2) is 6.02. The highest BCUT2D eigenvalue weighted by Crippen LogP contribution is 2.23. The standard InChI is InChI=1S/C16H15NO3/c1-11(18)14-9-8-13(20-2)10-15(14)17-16(19)12-6-4-3-5-7-12/h3-10H,1-2H3,(H,17,19). The number of ketones is 1. The van der Waals surface area contributed by atoms with Crippen molar-refractivity contribution in [2.75, 3.05) is 12.4 Å². The molecular formula is C16H15NO3. The van der Waals surface area contributed by atoms with Crippen LogP contribution in [0.3, 0.4) is 0 Å². The van der Waals surface area contributed by atoms with Gasteiger partial charge in [0.05, 0.1) is 12.8 Å². The summed E-state index contributed by atoms with van der Waals surface area (Å²) in [5.74, 6) is 0.204. The van der Waals surface area contributed by atoms with Crippen molar-refractivity contribution in [3.8, 4) is 5.75 Å². The summed E-state index contributed by atoms with van der Waals surface area (Å²) in [5.41, 5.74) is 1.44. The molecule has 2 aromatic rings. The monoisotopic (exact) mass is 269 g/mol. The zero-order chi connectivity index (χ0) is 14.5. The third-order valence-corrected chi connectivity index (χ3v) is 2.89. The Hall–Kier alpha value is -2.62. The number of carbonyl (C=O) groups excluding carboxylic acids is 2. The molecule has 0 radical (unpaired) electrons. The summed E-state index contributed by atoms with van der Waals surface area (Å²) >= 11 is 0. The lowest BCUT2D eigenvalue weighted by Gasteiger charge is -2.11. The van der Waals surface area contributed by atoms with E-state index in [1.54, 1.807) is 42.5 Å². The summed E-state index contributed by atoms with van der Waals surface area (Å²) in [5, 5.41) is 2.74. The molecule has 4 nitrogen and oxygen atoms in total. The number of hydrogen-bond donors (Lipinski definition) is 1. The maximum Gasteiger partial charge on any atom is 0.255 e. The Morgan fingerprint density at radius 1 is 1.05 bits per heavy atom.